The van der Waals surface area contributed by atoms with Gasteiger partial charge in [-0.15, -0.1) is 0 Å². The van der Waals surface area contributed by atoms with Gasteiger partial charge in [-0.25, -0.2) is 0 Å². The first-order valence-electron chi connectivity index (χ1n) is 6.95. The number of nitrogens with one attached hydrogen (secondary N) is 1. The molecule has 1 rings (SSSR count). The van der Waals surface area contributed by atoms with E-state index in [4.69, 9.17) is 0 Å². The molecule has 0 saturated heterocycles. The predicted molar refractivity (Wildman–Crippen MR) is 69.6 cm³/mol. The summed E-state index contributed by atoms with van der Waals surface area (Å²) in [5.74, 6) is 0. The lowest BCUT2D eigenvalue weighted by Crippen LogP contribution is -2.35. The Labute approximate surface area is 101 Å². The SMILES string of the molecule is CCCC(O)CNC1CCCC(C)(C)CC1. The second-order valence-electron chi connectivity index (χ2n) is 6.14. The second-order valence-corrected chi connectivity index (χ2v) is 6.14. The Kier molecular flexibility index (Phi) is 5.77. The molecule has 0 spiro atoms. The topological polar surface area (TPSA) is 32.3 Å². The maximum Gasteiger partial charge on any atom is 0.0664 e. The molecule has 2 nitrogen and oxygen atoms in total. The van der Waals surface area contributed by atoms with Crippen molar-refractivity contribution in [3.8, 4) is 0 Å². The molecule has 2 unspecified atom stereocenters. The maximum atomic E-state index is 9.69. The second kappa shape index (κ2) is 6.61. The smallest absolute Gasteiger partial charge is 0.0664 e. The average molecular weight is 227 g/mol. The lowest BCUT2D eigenvalue weighted by Gasteiger charge is -2.22. The average Bonchev–Trinajstić information content (AvgIpc) is 2.37. The molecule has 0 aliphatic heterocycles. The minimum atomic E-state index is -0.152. The fourth-order valence-corrected chi connectivity index (χ4v) is 2.60. The van der Waals surface area contributed by atoms with Gasteiger partial charge in [-0.05, 0) is 37.5 Å². The van der Waals surface area contributed by atoms with E-state index >= 15 is 0 Å². The summed E-state index contributed by atoms with van der Waals surface area (Å²) in [5, 5.41) is 13.2. The van der Waals surface area contributed by atoms with Crippen molar-refractivity contribution >= 4 is 0 Å². The Morgan fingerprint density at radius 1 is 1.31 bits per heavy atom. The predicted octanol–water partition coefficient (Wildman–Crippen LogP) is 3.10. The van der Waals surface area contributed by atoms with E-state index in [-0.39, 0.29) is 6.10 Å². The van der Waals surface area contributed by atoms with Gasteiger partial charge >= 0.3 is 0 Å². The summed E-state index contributed by atoms with van der Waals surface area (Å²) in [5.41, 5.74) is 0.526. The van der Waals surface area contributed by atoms with Crippen LogP contribution in [0.3, 0.4) is 0 Å². The first kappa shape index (κ1) is 14.0. The van der Waals surface area contributed by atoms with Crippen molar-refractivity contribution in [2.24, 2.45) is 5.41 Å². The molecule has 16 heavy (non-hydrogen) atoms. The van der Waals surface area contributed by atoms with E-state index in [9.17, 15) is 5.11 Å². The lowest BCUT2D eigenvalue weighted by molar-refractivity contribution is 0.154. The van der Waals surface area contributed by atoms with Gasteiger partial charge in [-0.1, -0.05) is 33.6 Å². The highest BCUT2D eigenvalue weighted by molar-refractivity contribution is 4.80. The van der Waals surface area contributed by atoms with Crippen molar-refractivity contribution < 1.29 is 5.11 Å². The Hall–Kier alpha value is -0.0800. The van der Waals surface area contributed by atoms with Crippen molar-refractivity contribution in [2.75, 3.05) is 6.54 Å². The number of hydrogen-bond acceptors (Lipinski definition) is 2. The zero-order valence-corrected chi connectivity index (χ0v) is 11.3. The molecule has 0 heterocycles. The van der Waals surface area contributed by atoms with Crippen LogP contribution >= 0.6 is 0 Å². The summed E-state index contributed by atoms with van der Waals surface area (Å²) < 4.78 is 0. The van der Waals surface area contributed by atoms with Crippen LogP contribution in [0.25, 0.3) is 0 Å². The Morgan fingerprint density at radius 3 is 2.75 bits per heavy atom. The number of hydrogen-bond donors (Lipinski definition) is 2. The summed E-state index contributed by atoms with van der Waals surface area (Å²) in [7, 11) is 0. The first-order valence-corrected chi connectivity index (χ1v) is 6.95. The largest absolute Gasteiger partial charge is 0.392 e. The molecule has 1 aliphatic rings. The maximum absolute atomic E-state index is 9.69. The van der Waals surface area contributed by atoms with Crippen molar-refractivity contribution in [3.63, 3.8) is 0 Å². The molecule has 0 aromatic rings. The van der Waals surface area contributed by atoms with Crippen LogP contribution in [-0.2, 0) is 0 Å². The Bertz CT molecular complexity index is 191. The van der Waals surface area contributed by atoms with Gasteiger partial charge in [0, 0.05) is 12.6 Å². The quantitative estimate of drug-likeness (QED) is 0.707. The van der Waals surface area contributed by atoms with Gasteiger partial charge in [0.25, 0.3) is 0 Å². The van der Waals surface area contributed by atoms with Gasteiger partial charge in [0.1, 0.15) is 0 Å². The van der Waals surface area contributed by atoms with Crippen LogP contribution in [0.2, 0.25) is 0 Å². The van der Waals surface area contributed by atoms with Crippen molar-refractivity contribution in [2.45, 2.75) is 77.9 Å². The molecule has 2 heteroatoms. The minimum Gasteiger partial charge on any atom is -0.392 e. The summed E-state index contributed by atoms with van der Waals surface area (Å²) >= 11 is 0. The van der Waals surface area contributed by atoms with Crippen LogP contribution < -0.4 is 5.32 Å². The van der Waals surface area contributed by atoms with E-state index in [1.165, 1.54) is 32.1 Å². The fraction of sp³-hybridized carbons (Fsp3) is 1.00. The molecule has 1 aliphatic carbocycles. The van der Waals surface area contributed by atoms with Gasteiger partial charge in [0.15, 0.2) is 0 Å². The standard InChI is InChI=1S/C14H29NO/c1-4-6-13(16)11-15-12-7-5-9-14(2,3)10-8-12/h12-13,15-16H,4-11H2,1-3H3. The highest BCUT2D eigenvalue weighted by Crippen LogP contribution is 2.33. The van der Waals surface area contributed by atoms with E-state index in [0.717, 1.165) is 19.4 Å². The van der Waals surface area contributed by atoms with E-state index in [2.05, 4.69) is 26.1 Å². The van der Waals surface area contributed by atoms with Crippen molar-refractivity contribution in [1.29, 1.82) is 0 Å². The zero-order chi connectivity index (χ0) is 12.0. The monoisotopic (exact) mass is 227 g/mol. The van der Waals surface area contributed by atoms with E-state index in [1.807, 2.05) is 0 Å². The van der Waals surface area contributed by atoms with Gasteiger partial charge in [-0.2, -0.15) is 0 Å². The summed E-state index contributed by atoms with van der Waals surface area (Å²) in [6.07, 6.45) is 8.38. The summed E-state index contributed by atoms with van der Waals surface area (Å²) in [6, 6.07) is 0.633. The van der Waals surface area contributed by atoms with Crippen molar-refractivity contribution in [3.05, 3.63) is 0 Å². The normalized spacial score (nSPS) is 27.4. The van der Waals surface area contributed by atoms with Gasteiger partial charge in [0.05, 0.1) is 6.10 Å². The molecule has 0 aromatic heterocycles. The Balaban J connectivity index is 2.22. The van der Waals surface area contributed by atoms with Crippen LogP contribution in [0.4, 0.5) is 0 Å². The van der Waals surface area contributed by atoms with E-state index in [1.54, 1.807) is 0 Å². The fourth-order valence-electron chi connectivity index (χ4n) is 2.60. The zero-order valence-electron chi connectivity index (χ0n) is 11.3. The summed E-state index contributed by atoms with van der Waals surface area (Å²) in [6.45, 7) is 7.65. The van der Waals surface area contributed by atoms with Gasteiger partial charge < -0.3 is 10.4 Å². The summed E-state index contributed by atoms with van der Waals surface area (Å²) in [4.78, 5) is 0. The molecule has 96 valence electrons. The molecule has 2 atom stereocenters. The van der Waals surface area contributed by atoms with Gasteiger partial charge in [0.2, 0.25) is 0 Å². The first-order chi connectivity index (χ1) is 7.53. The number of aliphatic hydroxyl groups excluding tert-OH is 1. The third-order valence-electron chi connectivity index (χ3n) is 3.84. The Morgan fingerprint density at radius 2 is 2.06 bits per heavy atom. The molecule has 0 radical (unpaired) electrons. The third-order valence-corrected chi connectivity index (χ3v) is 3.84. The third kappa shape index (κ3) is 5.31. The number of rotatable bonds is 5. The minimum absolute atomic E-state index is 0.152. The van der Waals surface area contributed by atoms with Crippen molar-refractivity contribution in [1.82, 2.24) is 5.32 Å². The lowest BCUT2D eigenvalue weighted by atomic mass is 9.85. The highest BCUT2D eigenvalue weighted by atomic mass is 16.3. The molecule has 1 saturated carbocycles. The van der Waals surface area contributed by atoms with Crippen LogP contribution in [0.5, 0.6) is 0 Å². The van der Waals surface area contributed by atoms with Crippen LogP contribution in [-0.4, -0.2) is 23.8 Å². The van der Waals surface area contributed by atoms with Crippen LogP contribution in [0.15, 0.2) is 0 Å². The van der Waals surface area contributed by atoms with Crippen LogP contribution in [0.1, 0.15) is 65.7 Å². The van der Waals surface area contributed by atoms with Gasteiger partial charge in [-0.3, -0.25) is 0 Å². The molecule has 0 amide bonds. The molecular weight excluding hydrogens is 198 g/mol. The van der Waals surface area contributed by atoms with E-state index < -0.39 is 0 Å². The molecule has 2 N–H and O–H groups in total. The number of aliphatic hydroxyl groups is 1. The molecule has 1 fully saturated rings. The molecular formula is C14H29NO. The van der Waals surface area contributed by atoms with Crippen LogP contribution in [0, 0.1) is 5.41 Å². The molecule has 0 bridgehead atoms. The highest BCUT2D eigenvalue weighted by Gasteiger charge is 2.24. The molecule has 0 aromatic carbocycles. The van der Waals surface area contributed by atoms with E-state index in [0.29, 0.717) is 11.5 Å².